The number of hydrogen-bond acceptors (Lipinski definition) is 6. The molecule has 0 saturated carbocycles. The van der Waals surface area contributed by atoms with E-state index in [1.807, 2.05) is 32.9 Å². The molecule has 4 heterocycles. The van der Waals surface area contributed by atoms with Gasteiger partial charge in [-0.05, 0) is 56.7 Å². The van der Waals surface area contributed by atoms with Crippen LogP contribution < -0.4 is 10.5 Å². The number of aromatic nitrogens is 2. The van der Waals surface area contributed by atoms with Crippen molar-refractivity contribution in [3.8, 4) is 0 Å². The van der Waals surface area contributed by atoms with E-state index in [1.54, 1.807) is 21.6 Å². The van der Waals surface area contributed by atoms with Crippen molar-refractivity contribution in [2.24, 2.45) is 11.8 Å². The number of rotatable bonds is 3. The number of carbonyl (C=O) groups is 1. The highest BCUT2D eigenvalue weighted by molar-refractivity contribution is 8.26. The molecular formula is C23H28N4O2S2. The Balaban J connectivity index is 1.90. The van der Waals surface area contributed by atoms with Crippen LogP contribution in [0.1, 0.15) is 45.2 Å². The van der Waals surface area contributed by atoms with Gasteiger partial charge in [0.15, 0.2) is 0 Å². The normalized spacial score (nSPS) is 23.6. The maximum Gasteiger partial charge on any atom is 0.267 e. The van der Waals surface area contributed by atoms with Crippen molar-refractivity contribution >= 4 is 51.7 Å². The van der Waals surface area contributed by atoms with E-state index in [4.69, 9.17) is 17.2 Å². The Morgan fingerprint density at radius 2 is 1.87 bits per heavy atom. The molecule has 2 saturated heterocycles. The first-order valence-electron chi connectivity index (χ1n) is 10.7. The lowest BCUT2D eigenvalue weighted by Crippen LogP contribution is -2.40. The van der Waals surface area contributed by atoms with Crippen molar-refractivity contribution in [1.29, 1.82) is 0 Å². The molecule has 8 heteroatoms. The number of aryl methyl sites for hydroxylation is 1. The van der Waals surface area contributed by atoms with Crippen molar-refractivity contribution in [2.75, 3.05) is 18.0 Å². The Morgan fingerprint density at radius 1 is 1.19 bits per heavy atom. The summed E-state index contributed by atoms with van der Waals surface area (Å²) in [7, 11) is 0. The van der Waals surface area contributed by atoms with Crippen molar-refractivity contribution in [1.82, 2.24) is 14.3 Å². The maximum atomic E-state index is 13.6. The highest BCUT2D eigenvalue weighted by Crippen LogP contribution is 2.35. The van der Waals surface area contributed by atoms with Gasteiger partial charge in [-0.15, -0.1) is 0 Å². The molecule has 2 atom stereocenters. The van der Waals surface area contributed by atoms with Crippen LogP contribution in [-0.2, 0) is 4.79 Å². The zero-order valence-electron chi connectivity index (χ0n) is 18.6. The average Bonchev–Trinajstić information content (AvgIpc) is 2.96. The molecule has 2 aliphatic heterocycles. The summed E-state index contributed by atoms with van der Waals surface area (Å²) in [6.45, 7) is 12.0. The molecule has 2 aromatic rings. The number of amides is 1. The Hall–Kier alpha value is -2.19. The molecular weight excluding hydrogens is 428 g/mol. The van der Waals surface area contributed by atoms with Crippen molar-refractivity contribution < 1.29 is 4.79 Å². The summed E-state index contributed by atoms with van der Waals surface area (Å²) in [5.74, 6) is 1.52. The molecule has 0 radical (unpaired) electrons. The fourth-order valence-corrected chi connectivity index (χ4v) is 6.01. The van der Waals surface area contributed by atoms with Crippen molar-refractivity contribution in [3.63, 3.8) is 0 Å². The molecule has 0 aromatic carbocycles. The summed E-state index contributed by atoms with van der Waals surface area (Å²) in [5, 5.41) is 0. The minimum Gasteiger partial charge on any atom is -0.355 e. The average molecular weight is 457 g/mol. The van der Waals surface area contributed by atoms with Crippen LogP contribution in [0, 0.1) is 18.8 Å². The lowest BCUT2D eigenvalue weighted by atomic mass is 9.91. The molecule has 2 aromatic heterocycles. The fourth-order valence-electron chi connectivity index (χ4n) is 4.51. The second-order valence-corrected chi connectivity index (χ2v) is 10.8. The van der Waals surface area contributed by atoms with E-state index in [2.05, 4.69) is 18.7 Å². The van der Waals surface area contributed by atoms with Gasteiger partial charge in [-0.2, -0.15) is 0 Å². The highest BCUT2D eigenvalue weighted by atomic mass is 32.2. The molecule has 0 N–H and O–H groups in total. The van der Waals surface area contributed by atoms with Crippen LogP contribution in [0.25, 0.3) is 11.7 Å². The molecule has 4 rings (SSSR count). The lowest BCUT2D eigenvalue weighted by molar-refractivity contribution is -0.123. The molecule has 0 unspecified atom stereocenters. The van der Waals surface area contributed by atoms with E-state index >= 15 is 0 Å². The molecule has 2 aliphatic rings. The molecule has 0 spiro atoms. The number of piperidine rings is 1. The van der Waals surface area contributed by atoms with Gasteiger partial charge in [0, 0.05) is 25.3 Å². The maximum absolute atomic E-state index is 13.6. The van der Waals surface area contributed by atoms with Gasteiger partial charge in [-0.1, -0.05) is 43.9 Å². The van der Waals surface area contributed by atoms with Gasteiger partial charge in [-0.25, -0.2) is 4.98 Å². The van der Waals surface area contributed by atoms with Crippen LogP contribution in [0.3, 0.4) is 0 Å². The van der Waals surface area contributed by atoms with Crippen LogP contribution in [0.5, 0.6) is 0 Å². The van der Waals surface area contributed by atoms with Gasteiger partial charge < -0.3 is 4.90 Å². The second-order valence-electron chi connectivity index (χ2n) is 9.09. The smallest absolute Gasteiger partial charge is 0.267 e. The first-order chi connectivity index (χ1) is 14.7. The van der Waals surface area contributed by atoms with Gasteiger partial charge in [0.25, 0.3) is 11.5 Å². The number of hydrogen-bond donors (Lipinski definition) is 0. The third-order valence-corrected chi connectivity index (χ3v) is 7.10. The molecule has 0 aliphatic carbocycles. The number of carbonyl (C=O) groups excluding carboxylic acids is 1. The zero-order chi connectivity index (χ0) is 22.4. The Bertz CT molecular complexity index is 1140. The minimum atomic E-state index is -0.163. The van der Waals surface area contributed by atoms with Gasteiger partial charge in [-0.3, -0.25) is 18.9 Å². The minimum absolute atomic E-state index is 0.0276. The number of pyridine rings is 1. The fraction of sp³-hybridized carbons (Fsp3) is 0.478. The number of fused-ring (bicyclic) bond motifs is 1. The molecule has 6 nitrogen and oxygen atoms in total. The number of nitrogens with zero attached hydrogens (tertiary/aromatic N) is 4. The Morgan fingerprint density at radius 3 is 2.48 bits per heavy atom. The quantitative estimate of drug-likeness (QED) is 0.512. The highest BCUT2D eigenvalue weighted by Gasteiger charge is 2.35. The largest absolute Gasteiger partial charge is 0.355 e. The molecule has 2 fully saturated rings. The summed E-state index contributed by atoms with van der Waals surface area (Å²) in [6.07, 6.45) is 4.66. The molecule has 1 amide bonds. The predicted octanol–water partition coefficient (Wildman–Crippen LogP) is 4.09. The van der Waals surface area contributed by atoms with E-state index in [0.29, 0.717) is 38.1 Å². The second kappa shape index (κ2) is 8.39. The van der Waals surface area contributed by atoms with E-state index in [1.165, 1.54) is 11.8 Å². The van der Waals surface area contributed by atoms with Gasteiger partial charge in [0.1, 0.15) is 15.8 Å². The Kier molecular flexibility index (Phi) is 5.96. The summed E-state index contributed by atoms with van der Waals surface area (Å²) >= 11 is 6.67. The van der Waals surface area contributed by atoms with Crippen molar-refractivity contribution in [2.45, 2.75) is 47.1 Å². The van der Waals surface area contributed by atoms with Crippen LogP contribution in [0.15, 0.2) is 28.0 Å². The molecule has 0 bridgehead atoms. The standard InChI is InChI=1S/C23H28N4O2S2/c1-13(2)27-22(29)18(31-23(27)30)9-17-20(25-10-15(4)8-16(5)11-25)24-19-7-6-14(3)12-26(19)21(17)28/h6-7,9,12-13,15-16H,8,10-11H2,1-5H3/b18-9-/t15-,16+. The first-order valence-corrected chi connectivity index (χ1v) is 11.9. The third kappa shape index (κ3) is 4.15. The SMILES string of the molecule is Cc1ccc2nc(N3C[C@H](C)C[C@H](C)C3)c(/C=C3\SC(=S)N(C(C)C)C3=O)c(=O)n2c1. The first kappa shape index (κ1) is 22.0. The Labute approximate surface area is 192 Å². The molecule has 31 heavy (non-hydrogen) atoms. The number of anilines is 1. The molecule has 164 valence electrons. The topological polar surface area (TPSA) is 57.9 Å². The van der Waals surface area contributed by atoms with Gasteiger partial charge >= 0.3 is 0 Å². The predicted molar refractivity (Wildman–Crippen MR) is 132 cm³/mol. The van der Waals surface area contributed by atoms with E-state index in [-0.39, 0.29) is 17.5 Å². The summed E-state index contributed by atoms with van der Waals surface area (Å²) in [4.78, 5) is 35.7. The van der Waals surface area contributed by atoms with E-state index in [9.17, 15) is 9.59 Å². The van der Waals surface area contributed by atoms with Crippen LogP contribution >= 0.6 is 24.0 Å². The van der Waals surface area contributed by atoms with Crippen LogP contribution in [0.4, 0.5) is 5.82 Å². The number of thiocarbonyl (C=S) groups is 1. The monoisotopic (exact) mass is 456 g/mol. The van der Waals surface area contributed by atoms with Crippen LogP contribution in [0.2, 0.25) is 0 Å². The van der Waals surface area contributed by atoms with Gasteiger partial charge in [0.2, 0.25) is 0 Å². The third-order valence-electron chi connectivity index (χ3n) is 5.77. The summed E-state index contributed by atoms with van der Waals surface area (Å²) in [6, 6.07) is 3.81. The summed E-state index contributed by atoms with van der Waals surface area (Å²) < 4.78 is 2.10. The number of thioether (sulfide) groups is 1. The van der Waals surface area contributed by atoms with E-state index < -0.39 is 0 Å². The van der Waals surface area contributed by atoms with Crippen LogP contribution in [-0.4, -0.2) is 43.6 Å². The lowest BCUT2D eigenvalue weighted by Gasteiger charge is -2.36. The van der Waals surface area contributed by atoms with Gasteiger partial charge in [0.05, 0.1) is 10.5 Å². The van der Waals surface area contributed by atoms with Crippen molar-refractivity contribution in [3.05, 3.63) is 44.7 Å². The summed E-state index contributed by atoms with van der Waals surface area (Å²) in [5.41, 5.74) is 1.88. The van der Waals surface area contributed by atoms with E-state index in [0.717, 1.165) is 25.1 Å². The zero-order valence-corrected chi connectivity index (χ0v) is 20.2.